The van der Waals surface area contributed by atoms with E-state index >= 15 is 0 Å². The van der Waals surface area contributed by atoms with Gasteiger partial charge in [0.1, 0.15) is 5.60 Å². The molecule has 1 aromatic carbocycles. The molecule has 116 valence electrons. The largest absolute Gasteiger partial charge is 0.466 e. The second-order valence-electron chi connectivity index (χ2n) is 5.70. The van der Waals surface area contributed by atoms with Crippen molar-refractivity contribution in [3.8, 4) is 0 Å². The lowest BCUT2D eigenvalue weighted by molar-refractivity contribution is -0.162. The molecule has 0 bridgehead atoms. The summed E-state index contributed by atoms with van der Waals surface area (Å²) in [6, 6.07) is 7.17. The maximum absolute atomic E-state index is 12.3. The minimum Gasteiger partial charge on any atom is -0.466 e. The van der Waals surface area contributed by atoms with Crippen molar-refractivity contribution in [2.45, 2.75) is 45.1 Å². The monoisotopic (exact) mass is 310 g/mol. The molecule has 3 nitrogen and oxygen atoms in total. The van der Waals surface area contributed by atoms with Crippen LogP contribution in [0.15, 0.2) is 24.3 Å². The molecule has 0 heterocycles. The summed E-state index contributed by atoms with van der Waals surface area (Å²) in [4.78, 5) is 12.3. The van der Waals surface area contributed by atoms with Crippen LogP contribution in [0.4, 0.5) is 0 Å². The van der Waals surface area contributed by atoms with E-state index in [0.29, 0.717) is 18.1 Å². The first-order chi connectivity index (χ1) is 10.0. The second-order valence-corrected chi connectivity index (χ2v) is 6.14. The molecule has 4 heteroatoms. The molecule has 0 amide bonds. The van der Waals surface area contributed by atoms with E-state index in [4.69, 9.17) is 16.3 Å². The lowest BCUT2D eigenvalue weighted by Gasteiger charge is -2.35. The Hall–Kier alpha value is -1.06. The van der Waals surface area contributed by atoms with E-state index in [2.05, 4.69) is 0 Å². The van der Waals surface area contributed by atoms with Gasteiger partial charge < -0.3 is 9.84 Å². The molecule has 2 unspecified atom stereocenters. The van der Waals surface area contributed by atoms with Crippen molar-refractivity contribution < 1.29 is 14.6 Å². The van der Waals surface area contributed by atoms with Gasteiger partial charge in [0, 0.05) is 5.02 Å². The van der Waals surface area contributed by atoms with E-state index in [-0.39, 0.29) is 11.9 Å². The van der Waals surface area contributed by atoms with Crippen LogP contribution in [0.3, 0.4) is 0 Å². The molecular formula is C17H23ClO3. The van der Waals surface area contributed by atoms with Gasteiger partial charge in [-0.25, -0.2) is 0 Å². The number of halogens is 1. The summed E-state index contributed by atoms with van der Waals surface area (Å²) in [7, 11) is 0. The highest BCUT2D eigenvalue weighted by Crippen LogP contribution is 2.51. The van der Waals surface area contributed by atoms with E-state index < -0.39 is 11.5 Å². The number of ether oxygens (including phenoxy) is 1. The first-order valence-corrected chi connectivity index (χ1v) is 8.06. The van der Waals surface area contributed by atoms with E-state index in [0.717, 1.165) is 24.8 Å². The Morgan fingerprint density at radius 1 is 1.38 bits per heavy atom. The van der Waals surface area contributed by atoms with Crippen LogP contribution in [0.5, 0.6) is 0 Å². The SMILES string of the molecule is CCCC(C(=O)OCC)C(O)(c1ccc(Cl)cc1)C1CC1. The third-order valence-corrected chi connectivity index (χ3v) is 4.44. The molecule has 1 aliphatic rings. The zero-order chi connectivity index (χ0) is 15.5. The van der Waals surface area contributed by atoms with Crippen molar-refractivity contribution in [3.63, 3.8) is 0 Å². The van der Waals surface area contributed by atoms with Crippen LogP contribution >= 0.6 is 11.6 Å². The lowest BCUT2D eigenvalue weighted by Crippen LogP contribution is -2.42. The molecule has 1 fully saturated rings. The molecule has 21 heavy (non-hydrogen) atoms. The second kappa shape index (κ2) is 6.80. The zero-order valence-corrected chi connectivity index (χ0v) is 13.4. The number of carbonyl (C=O) groups excluding carboxylic acids is 1. The van der Waals surface area contributed by atoms with Gasteiger partial charge in [0.05, 0.1) is 12.5 Å². The molecule has 0 radical (unpaired) electrons. The predicted octanol–water partition coefficient (Wildman–Crippen LogP) is 3.92. The fraction of sp³-hybridized carbons (Fsp3) is 0.588. The van der Waals surface area contributed by atoms with Crippen LogP contribution in [0.1, 0.15) is 45.1 Å². The zero-order valence-electron chi connectivity index (χ0n) is 12.6. The van der Waals surface area contributed by atoms with Crippen LogP contribution in [0.2, 0.25) is 5.02 Å². The number of hydrogen-bond donors (Lipinski definition) is 1. The Morgan fingerprint density at radius 3 is 2.48 bits per heavy atom. The first-order valence-electron chi connectivity index (χ1n) is 7.69. The van der Waals surface area contributed by atoms with Gasteiger partial charge in [-0.05, 0) is 49.8 Å². The summed E-state index contributed by atoms with van der Waals surface area (Å²) in [5.41, 5.74) is -0.381. The molecule has 1 N–H and O–H groups in total. The summed E-state index contributed by atoms with van der Waals surface area (Å²) >= 11 is 5.94. The molecule has 0 spiro atoms. The minimum atomic E-state index is -1.15. The van der Waals surface area contributed by atoms with Crippen molar-refractivity contribution in [1.82, 2.24) is 0 Å². The van der Waals surface area contributed by atoms with Crippen LogP contribution in [0, 0.1) is 11.8 Å². The van der Waals surface area contributed by atoms with Crippen LogP contribution in [0.25, 0.3) is 0 Å². The van der Waals surface area contributed by atoms with E-state index in [1.54, 1.807) is 19.1 Å². The summed E-state index contributed by atoms with van der Waals surface area (Å²) in [5, 5.41) is 12.0. The number of aliphatic hydroxyl groups is 1. The molecule has 1 aromatic rings. The van der Waals surface area contributed by atoms with Gasteiger partial charge in [-0.2, -0.15) is 0 Å². The third kappa shape index (κ3) is 3.41. The quantitative estimate of drug-likeness (QED) is 0.777. The van der Waals surface area contributed by atoms with Crippen molar-refractivity contribution in [1.29, 1.82) is 0 Å². The Labute approximate surface area is 131 Å². The summed E-state index contributed by atoms with van der Waals surface area (Å²) in [6.07, 6.45) is 3.33. The van der Waals surface area contributed by atoms with E-state index in [1.165, 1.54) is 0 Å². The van der Waals surface area contributed by atoms with Gasteiger partial charge in [0.25, 0.3) is 0 Å². The molecule has 2 rings (SSSR count). The average Bonchev–Trinajstić information content (AvgIpc) is 3.30. The molecule has 0 aromatic heterocycles. The normalized spacial score (nSPS) is 18.9. The number of esters is 1. The number of carbonyl (C=O) groups is 1. The average molecular weight is 311 g/mol. The standard InChI is InChI=1S/C17H23ClO3/c1-3-5-15(16(19)21-4-2)17(20,12-6-7-12)13-8-10-14(18)11-9-13/h8-12,15,20H,3-7H2,1-2H3. The summed E-state index contributed by atoms with van der Waals surface area (Å²) in [5.74, 6) is -0.695. The summed E-state index contributed by atoms with van der Waals surface area (Å²) < 4.78 is 5.20. The number of rotatable bonds is 7. The Kier molecular flexibility index (Phi) is 5.28. The van der Waals surface area contributed by atoms with Gasteiger partial charge in [0.2, 0.25) is 0 Å². The highest BCUT2D eigenvalue weighted by Gasteiger charge is 2.53. The fourth-order valence-electron chi connectivity index (χ4n) is 3.01. The highest BCUT2D eigenvalue weighted by molar-refractivity contribution is 6.30. The van der Waals surface area contributed by atoms with Gasteiger partial charge in [-0.3, -0.25) is 4.79 Å². The maximum atomic E-state index is 12.3. The topological polar surface area (TPSA) is 46.5 Å². The molecule has 0 aliphatic heterocycles. The Morgan fingerprint density at radius 2 is 2.00 bits per heavy atom. The molecule has 1 saturated carbocycles. The van der Waals surface area contributed by atoms with Crippen LogP contribution in [-0.2, 0) is 15.1 Å². The van der Waals surface area contributed by atoms with Crippen molar-refractivity contribution in [2.75, 3.05) is 6.61 Å². The first kappa shape index (κ1) is 16.3. The minimum absolute atomic E-state index is 0.125. The van der Waals surface area contributed by atoms with Gasteiger partial charge in [0.15, 0.2) is 0 Å². The highest BCUT2D eigenvalue weighted by atomic mass is 35.5. The van der Waals surface area contributed by atoms with Gasteiger partial charge in [-0.15, -0.1) is 0 Å². The van der Waals surface area contributed by atoms with Gasteiger partial charge in [-0.1, -0.05) is 37.1 Å². The van der Waals surface area contributed by atoms with E-state index in [1.807, 2.05) is 19.1 Å². The fourth-order valence-corrected chi connectivity index (χ4v) is 3.14. The van der Waals surface area contributed by atoms with Crippen molar-refractivity contribution in [2.24, 2.45) is 11.8 Å². The van der Waals surface area contributed by atoms with E-state index in [9.17, 15) is 9.90 Å². The molecular weight excluding hydrogens is 288 g/mol. The third-order valence-electron chi connectivity index (χ3n) is 4.19. The lowest BCUT2D eigenvalue weighted by atomic mass is 9.75. The van der Waals surface area contributed by atoms with Crippen molar-refractivity contribution in [3.05, 3.63) is 34.9 Å². The molecule has 0 saturated heterocycles. The molecule has 2 atom stereocenters. The molecule has 1 aliphatic carbocycles. The van der Waals surface area contributed by atoms with Crippen molar-refractivity contribution >= 4 is 17.6 Å². The number of hydrogen-bond acceptors (Lipinski definition) is 3. The Bertz CT molecular complexity index is 481. The predicted molar refractivity (Wildman–Crippen MR) is 83.1 cm³/mol. The van der Waals surface area contributed by atoms with Gasteiger partial charge >= 0.3 is 5.97 Å². The van der Waals surface area contributed by atoms with Crippen LogP contribution < -0.4 is 0 Å². The maximum Gasteiger partial charge on any atom is 0.312 e. The summed E-state index contributed by atoms with van der Waals surface area (Å²) in [6.45, 7) is 4.14. The van der Waals surface area contributed by atoms with Crippen LogP contribution in [-0.4, -0.2) is 17.7 Å². The smallest absolute Gasteiger partial charge is 0.312 e. The number of benzene rings is 1. The Balaban J connectivity index is 2.38.